The minimum absolute atomic E-state index is 0. The fourth-order valence-electron chi connectivity index (χ4n) is 4.63. The van der Waals surface area contributed by atoms with Gasteiger partial charge in [0.1, 0.15) is 12.0 Å². The minimum atomic E-state index is -1.06. The summed E-state index contributed by atoms with van der Waals surface area (Å²) in [5, 5.41) is 25.2. The van der Waals surface area contributed by atoms with Crippen LogP contribution in [0.1, 0.15) is 42.3 Å². The zero-order valence-electron chi connectivity index (χ0n) is 17.4. The van der Waals surface area contributed by atoms with Crippen molar-refractivity contribution in [2.75, 3.05) is 6.54 Å². The van der Waals surface area contributed by atoms with Gasteiger partial charge in [-0.1, -0.05) is 38.1 Å². The molecule has 1 heterocycles. The van der Waals surface area contributed by atoms with Crippen molar-refractivity contribution in [2.24, 2.45) is 0 Å². The maximum absolute atomic E-state index is 12.4. The van der Waals surface area contributed by atoms with Crippen molar-refractivity contribution in [3.05, 3.63) is 75.1 Å². The number of aromatic hydroxyl groups is 1. The predicted octanol–water partition coefficient (Wildman–Crippen LogP) is 3.50. The van der Waals surface area contributed by atoms with Gasteiger partial charge in [0.25, 0.3) is 5.56 Å². The smallest absolute Gasteiger partial charge is 0.253 e. The van der Waals surface area contributed by atoms with Gasteiger partial charge in [0, 0.05) is 24.0 Å². The van der Waals surface area contributed by atoms with Crippen LogP contribution in [-0.2, 0) is 25.7 Å². The van der Waals surface area contributed by atoms with Gasteiger partial charge >= 0.3 is 0 Å². The molecule has 3 N–H and O–H groups in total. The fourth-order valence-corrected chi connectivity index (χ4v) is 4.63. The van der Waals surface area contributed by atoms with Crippen LogP contribution in [-0.4, -0.2) is 27.4 Å². The number of aromatic nitrogens is 1. The minimum Gasteiger partial charge on any atom is -0.506 e. The third-order valence-electron chi connectivity index (χ3n) is 6.10. The number of aryl methyl sites for hydroxylation is 2. The average molecular weight is 429 g/mol. The second-order valence-electron chi connectivity index (χ2n) is 7.80. The first-order valence-electron chi connectivity index (χ1n) is 10.4. The number of pyridine rings is 1. The van der Waals surface area contributed by atoms with E-state index in [2.05, 4.69) is 31.3 Å². The Kier molecular flexibility index (Phi) is 6.86. The molecule has 0 aliphatic heterocycles. The molecular weight excluding hydrogens is 400 g/mol. The van der Waals surface area contributed by atoms with E-state index in [9.17, 15) is 15.0 Å². The van der Waals surface area contributed by atoms with Crippen molar-refractivity contribution >= 4 is 23.3 Å². The second-order valence-corrected chi connectivity index (χ2v) is 7.80. The van der Waals surface area contributed by atoms with Crippen molar-refractivity contribution < 1.29 is 10.2 Å². The molecule has 6 heteroatoms. The zero-order valence-corrected chi connectivity index (χ0v) is 18.2. The number of fused-ring (bicyclic) bond motifs is 2. The molecule has 1 aromatic heterocycles. The van der Waals surface area contributed by atoms with Crippen LogP contribution in [0, 0.1) is 0 Å². The Morgan fingerprint density at radius 2 is 1.67 bits per heavy atom. The van der Waals surface area contributed by atoms with E-state index in [1.807, 2.05) is 6.07 Å². The lowest BCUT2D eigenvalue weighted by atomic mass is 9.96. The molecule has 0 unspecified atom stereocenters. The standard InChI is InChI=1S/C24H28N2O3.ClH/c1-3-15-8-9-16(4-2)20-13-18(12-19(15)20)25-14-23(29)26-22(28)11-10-17-6-5-7-21(27)24(17)26;/h5-11,18,23,25,27,29H,3-4,12-14H2,1-2H3;1H/t23-;/m0./s1. The van der Waals surface area contributed by atoms with Gasteiger partial charge in [-0.3, -0.25) is 9.36 Å². The lowest BCUT2D eigenvalue weighted by molar-refractivity contribution is 0.1000. The molecule has 0 amide bonds. The van der Waals surface area contributed by atoms with Gasteiger partial charge < -0.3 is 15.5 Å². The molecule has 1 atom stereocenters. The van der Waals surface area contributed by atoms with Crippen LogP contribution in [0.3, 0.4) is 0 Å². The van der Waals surface area contributed by atoms with Gasteiger partial charge in [-0.15, -0.1) is 12.4 Å². The first-order valence-corrected chi connectivity index (χ1v) is 10.4. The summed E-state index contributed by atoms with van der Waals surface area (Å²) in [5.41, 5.74) is 5.72. The zero-order chi connectivity index (χ0) is 20.5. The SMILES string of the molecule is CCc1ccc(CC)c2c1CC(NC[C@H](O)n1c(=O)ccc3cccc(O)c31)C2.Cl. The van der Waals surface area contributed by atoms with E-state index in [1.165, 1.54) is 39.0 Å². The normalized spacial score (nSPS) is 14.5. The molecule has 0 saturated carbocycles. The summed E-state index contributed by atoms with van der Waals surface area (Å²) in [6.07, 6.45) is 2.86. The number of nitrogens with one attached hydrogen (secondary N) is 1. The maximum Gasteiger partial charge on any atom is 0.253 e. The van der Waals surface area contributed by atoms with Crippen LogP contribution in [0.5, 0.6) is 5.75 Å². The Labute approximate surface area is 182 Å². The first kappa shape index (κ1) is 22.3. The summed E-state index contributed by atoms with van der Waals surface area (Å²) in [6.45, 7) is 4.62. The third-order valence-corrected chi connectivity index (χ3v) is 6.10. The molecule has 0 spiro atoms. The van der Waals surface area contributed by atoms with Crippen LogP contribution >= 0.6 is 12.4 Å². The molecule has 3 aromatic rings. The van der Waals surface area contributed by atoms with Crippen LogP contribution in [0.4, 0.5) is 0 Å². The number of para-hydroxylation sites is 1. The van der Waals surface area contributed by atoms with Crippen molar-refractivity contribution in [3.63, 3.8) is 0 Å². The Morgan fingerprint density at radius 1 is 1.03 bits per heavy atom. The van der Waals surface area contributed by atoms with E-state index in [0.717, 1.165) is 31.1 Å². The number of nitrogens with zero attached hydrogens (tertiary/aromatic N) is 1. The Balaban J connectivity index is 0.00000256. The molecule has 0 radical (unpaired) electrons. The number of hydrogen-bond donors (Lipinski definition) is 3. The molecule has 0 saturated heterocycles. The maximum atomic E-state index is 12.4. The number of phenolic OH excluding ortho intramolecular Hbond substituents is 1. The summed E-state index contributed by atoms with van der Waals surface area (Å²) >= 11 is 0. The summed E-state index contributed by atoms with van der Waals surface area (Å²) in [7, 11) is 0. The summed E-state index contributed by atoms with van der Waals surface area (Å²) in [4.78, 5) is 12.4. The summed E-state index contributed by atoms with van der Waals surface area (Å²) in [5.74, 6) is -0.00676. The molecule has 0 fully saturated rings. The van der Waals surface area contributed by atoms with Gasteiger partial charge in [0.2, 0.25) is 0 Å². The molecule has 2 aromatic carbocycles. The summed E-state index contributed by atoms with van der Waals surface area (Å²) < 4.78 is 1.27. The third kappa shape index (κ3) is 3.97. The predicted molar refractivity (Wildman–Crippen MR) is 123 cm³/mol. The summed E-state index contributed by atoms with van der Waals surface area (Å²) in [6, 6.07) is 12.9. The molecule has 0 bridgehead atoms. The quantitative estimate of drug-likeness (QED) is 0.561. The number of phenols is 1. The largest absolute Gasteiger partial charge is 0.506 e. The van der Waals surface area contributed by atoms with Crippen molar-refractivity contribution in [2.45, 2.75) is 51.8 Å². The number of halogens is 1. The number of benzene rings is 2. The van der Waals surface area contributed by atoms with Crippen LogP contribution in [0.2, 0.25) is 0 Å². The van der Waals surface area contributed by atoms with Crippen molar-refractivity contribution in [1.82, 2.24) is 9.88 Å². The monoisotopic (exact) mass is 428 g/mol. The van der Waals surface area contributed by atoms with Gasteiger partial charge in [0.15, 0.2) is 0 Å². The molecular formula is C24H29ClN2O3. The molecule has 4 rings (SSSR count). The second kappa shape index (κ2) is 9.21. The number of rotatable bonds is 6. The highest BCUT2D eigenvalue weighted by atomic mass is 35.5. The molecule has 5 nitrogen and oxygen atoms in total. The topological polar surface area (TPSA) is 74.5 Å². The number of hydrogen-bond acceptors (Lipinski definition) is 4. The molecule has 30 heavy (non-hydrogen) atoms. The van der Waals surface area contributed by atoms with Crippen LogP contribution < -0.4 is 10.9 Å². The Morgan fingerprint density at radius 3 is 2.27 bits per heavy atom. The van der Waals surface area contributed by atoms with Gasteiger partial charge in [-0.25, -0.2) is 0 Å². The van der Waals surface area contributed by atoms with E-state index >= 15 is 0 Å². The van der Waals surface area contributed by atoms with Crippen LogP contribution in [0.25, 0.3) is 10.9 Å². The van der Waals surface area contributed by atoms with Gasteiger partial charge in [-0.05, 0) is 60.1 Å². The number of aliphatic hydroxyl groups is 1. The van der Waals surface area contributed by atoms with Gasteiger partial charge in [-0.2, -0.15) is 0 Å². The lowest BCUT2D eigenvalue weighted by Gasteiger charge is -2.20. The van der Waals surface area contributed by atoms with Gasteiger partial charge in [0.05, 0.1) is 5.52 Å². The molecule has 160 valence electrons. The van der Waals surface area contributed by atoms with E-state index in [1.54, 1.807) is 12.1 Å². The fraction of sp³-hybridized carbons (Fsp3) is 0.375. The highest BCUT2D eigenvalue weighted by Gasteiger charge is 2.26. The van der Waals surface area contributed by atoms with E-state index in [4.69, 9.17) is 0 Å². The van der Waals surface area contributed by atoms with Crippen molar-refractivity contribution in [3.8, 4) is 5.75 Å². The molecule has 1 aliphatic carbocycles. The number of aliphatic hydroxyl groups excluding tert-OH is 1. The Bertz CT molecular complexity index is 1080. The average Bonchev–Trinajstić information content (AvgIpc) is 3.16. The Hall–Kier alpha value is -2.34. The highest BCUT2D eigenvalue weighted by molar-refractivity contribution is 5.85. The lowest BCUT2D eigenvalue weighted by Crippen LogP contribution is -2.37. The molecule has 1 aliphatic rings. The van der Waals surface area contributed by atoms with E-state index in [0.29, 0.717) is 5.52 Å². The van der Waals surface area contributed by atoms with E-state index in [-0.39, 0.29) is 36.3 Å². The van der Waals surface area contributed by atoms with E-state index < -0.39 is 6.23 Å². The van der Waals surface area contributed by atoms with Crippen molar-refractivity contribution in [1.29, 1.82) is 0 Å². The first-order chi connectivity index (χ1) is 14.0. The highest BCUT2D eigenvalue weighted by Crippen LogP contribution is 2.30. The van der Waals surface area contributed by atoms with Crippen LogP contribution in [0.15, 0.2) is 47.3 Å².